The number of hydrogen-bond acceptors (Lipinski definition) is 6. The third-order valence-corrected chi connectivity index (χ3v) is 4.63. The number of carbonyl (C=O) groups is 1. The van der Waals surface area contributed by atoms with Gasteiger partial charge in [-0.1, -0.05) is 11.2 Å². The summed E-state index contributed by atoms with van der Waals surface area (Å²) in [4.78, 5) is 19.4. The molecule has 6 nitrogen and oxygen atoms in total. The zero-order chi connectivity index (χ0) is 17.6. The normalized spacial score (nSPS) is 10.6. The molecule has 1 aromatic carbocycles. The molecule has 0 aliphatic rings. The topological polar surface area (TPSA) is 68.5 Å². The number of ether oxygens (including phenoxy) is 1. The maximum absolute atomic E-state index is 12.2. The molecule has 0 atom stereocenters. The Morgan fingerprint density at radius 3 is 2.76 bits per heavy atom. The largest absolute Gasteiger partial charge is 0.497 e. The van der Waals surface area contributed by atoms with E-state index in [0.717, 1.165) is 16.2 Å². The van der Waals surface area contributed by atoms with Gasteiger partial charge < -0.3 is 14.2 Å². The average molecular weight is 357 g/mol. The Kier molecular flexibility index (Phi) is 5.45. The third-order valence-electron chi connectivity index (χ3n) is 3.77. The summed E-state index contributed by atoms with van der Waals surface area (Å²) in [5.74, 6) is 1.80. The smallest absolute Gasteiger partial charge is 0.227 e. The quantitative estimate of drug-likeness (QED) is 0.648. The van der Waals surface area contributed by atoms with E-state index in [9.17, 15) is 4.79 Å². The van der Waals surface area contributed by atoms with Crippen molar-refractivity contribution in [1.82, 2.24) is 15.0 Å². The Bertz CT molecular complexity index is 812. The van der Waals surface area contributed by atoms with E-state index in [-0.39, 0.29) is 5.91 Å². The van der Waals surface area contributed by atoms with Crippen LogP contribution < -0.4 is 4.74 Å². The van der Waals surface area contributed by atoms with Crippen molar-refractivity contribution >= 4 is 17.2 Å². The van der Waals surface area contributed by atoms with Crippen LogP contribution in [0.1, 0.15) is 17.2 Å². The molecule has 0 bridgehead atoms. The fourth-order valence-corrected chi connectivity index (χ4v) is 3.10. The van der Waals surface area contributed by atoms with Gasteiger partial charge in [-0.05, 0) is 35.7 Å². The monoisotopic (exact) mass is 357 g/mol. The predicted octanol–water partition coefficient (Wildman–Crippen LogP) is 3.40. The molecular formula is C18H19N3O3S. The molecule has 0 saturated carbocycles. The standard InChI is InChI=1S/C18H19N3O3S/c1-21(12-15-4-3-11-25-15)17(22)10-9-16-19-18(20-24-16)13-5-7-14(23-2)8-6-13/h3-8,11H,9-10,12H2,1-2H3. The summed E-state index contributed by atoms with van der Waals surface area (Å²) >= 11 is 1.64. The van der Waals surface area contributed by atoms with Gasteiger partial charge in [0.15, 0.2) is 0 Å². The number of aromatic nitrogens is 2. The number of hydrogen-bond donors (Lipinski definition) is 0. The van der Waals surface area contributed by atoms with Gasteiger partial charge in [0, 0.05) is 30.3 Å². The Labute approximate surface area is 150 Å². The lowest BCUT2D eigenvalue weighted by atomic mass is 10.2. The van der Waals surface area contributed by atoms with E-state index in [4.69, 9.17) is 9.26 Å². The van der Waals surface area contributed by atoms with Crippen molar-refractivity contribution in [3.63, 3.8) is 0 Å². The zero-order valence-electron chi connectivity index (χ0n) is 14.1. The molecule has 25 heavy (non-hydrogen) atoms. The van der Waals surface area contributed by atoms with Gasteiger partial charge in [0.1, 0.15) is 5.75 Å². The van der Waals surface area contributed by atoms with E-state index in [2.05, 4.69) is 10.1 Å². The lowest BCUT2D eigenvalue weighted by Gasteiger charge is -2.15. The fourth-order valence-electron chi connectivity index (χ4n) is 2.34. The lowest BCUT2D eigenvalue weighted by molar-refractivity contribution is -0.130. The molecule has 3 aromatic rings. The fraction of sp³-hybridized carbons (Fsp3) is 0.278. The van der Waals surface area contributed by atoms with E-state index < -0.39 is 0 Å². The van der Waals surface area contributed by atoms with Gasteiger partial charge in [-0.3, -0.25) is 4.79 Å². The van der Waals surface area contributed by atoms with Gasteiger partial charge in [-0.15, -0.1) is 11.3 Å². The molecule has 2 aromatic heterocycles. The first kappa shape index (κ1) is 17.2. The highest BCUT2D eigenvalue weighted by Gasteiger charge is 2.14. The van der Waals surface area contributed by atoms with Crippen molar-refractivity contribution in [2.45, 2.75) is 19.4 Å². The van der Waals surface area contributed by atoms with Crippen LogP contribution in [0.3, 0.4) is 0 Å². The van der Waals surface area contributed by atoms with Crippen molar-refractivity contribution in [1.29, 1.82) is 0 Å². The Morgan fingerprint density at radius 2 is 2.08 bits per heavy atom. The molecule has 0 aliphatic heterocycles. The van der Waals surface area contributed by atoms with Gasteiger partial charge in [-0.25, -0.2) is 0 Å². The molecular weight excluding hydrogens is 338 g/mol. The third kappa shape index (κ3) is 4.45. The maximum atomic E-state index is 12.2. The predicted molar refractivity (Wildman–Crippen MR) is 95.4 cm³/mol. The van der Waals surface area contributed by atoms with Crippen LogP contribution in [0.4, 0.5) is 0 Å². The van der Waals surface area contributed by atoms with Crippen LogP contribution in [0.2, 0.25) is 0 Å². The molecule has 2 heterocycles. The second-order valence-electron chi connectivity index (χ2n) is 5.57. The van der Waals surface area contributed by atoms with Gasteiger partial charge in [0.2, 0.25) is 17.6 Å². The molecule has 0 unspecified atom stereocenters. The SMILES string of the molecule is COc1ccc(-c2noc(CCC(=O)N(C)Cc3cccs3)n2)cc1. The van der Waals surface area contributed by atoms with Gasteiger partial charge in [-0.2, -0.15) is 4.98 Å². The molecule has 0 saturated heterocycles. The summed E-state index contributed by atoms with van der Waals surface area (Å²) in [7, 11) is 3.42. The first-order valence-corrected chi connectivity index (χ1v) is 8.77. The number of carbonyl (C=O) groups excluding carboxylic acids is 1. The molecule has 7 heteroatoms. The number of rotatable bonds is 7. The van der Waals surface area contributed by atoms with Crippen LogP contribution in [0, 0.1) is 0 Å². The molecule has 3 rings (SSSR count). The van der Waals surface area contributed by atoms with Crippen LogP contribution in [-0.2, 0) is 17.8 Å². The van der Waals surface area contributed by atoms with Crippen LogP contribution >= 0.6 is 11.3 Å². The minimum Gasteiger partial charge on any atom is -0.497 e. The number of benzene rings is 1. The highest BCUT2D eigenvalue weighted by atomic mass is 32.1. The second kappa shape index (κ2) is 7.94. The zero-order valence-corrected chi connectivity index (χ0v) is 15.0. The number of methoxy groups -OCH3 is 1. The number of amides is 1. The first-order valence-electron chi connectivity index (χ1n) is 7.89. The maximum Gasteiger partial charge on any atom is 0.227 e. The van der Waals surface area contributed by atoms with Crippen LogP contribution in [0.25, 0.3) is 11.4 Å². The van der Waals surface area contributed by atoms with E-state index >= 15 is 0 Å². The molecule has 1 amide bonds. The highest BCUT2D eigenvalue weighted by Crippen LogP contribution is 2.20. The van der Waals surface area contributed by atoms with Crippen molar-refractivity contribution in [2.75, 3.05) is 14.2 Å². The Hall–Kier alpha value is -2.67. The first-order chi connectivity index (χ1) is 12.2. The van der Waals surface area contributed by atoms with Crippen LogP contribution in [-0.4, -0.2) is 35.1 Å². The number of nitrogens with zero attached hydrogens (tertiary/aromatic N) is 3. The summed E-state index contributed by atoms with van der Waals surface area (Å²) in [6.07, 6.45) is 0.767. The van der Waals surface area contributed by atoms with Crippen LogP contribution in [0.15, 0.2) is 46.3 Å². The average Bonchev–Trinajstić information content (AvgIpc) is 3.31. The Balaban J connectivity index is 1.55. The highest BCUT2D eigenvalue weighted by molar-refractivity contribution is 7.09. The molecule has 0 spiro atoms. The van der Waals surface area contributed by atoms with Crippen molar-refractivity contribution in [3.8, 4) is 17.1 Å². The van der Waals surface area contributed by atoms with Crippen LogP contribution in [0.5, 0.6) is 5.75 Å². The molecule has 0 N–H and O–H groups in total. The van der Waals surface area contributed by atoms with E-state index in [0.29, 0.717) is 31.1 Å². The van der Waals surface area contributed by atoms with Crippen molar-refractivity contribution in [2.24, 2.45) is 0 Å². The molecule has 0 aliphatic carbocycles. The minimum atomic E-state index is 0.0533. The second-order valence-corrected chi connectivity index (χ2v) is 6.60. The van der Waals surface area contributed by atoms with E-state index in [1.807, 2.05) is 41.8 Å². The van der Waals surface area contributed by atoms with Gasteiger partial charge >= 0.3 is 0 Å². The Morgan fingerprint density at radius 1 is 1.28 bits per heavy atom. The van der Waals surface area contributed by atoms with Gasteiger partial charge in [0.05, 0.1) is 13.7 Å². The minimum absolute atomic E-state index is 0.0533. The summed E-state index contributed by atoms with van der Waals surface area (Å²) in [6.45, 7) is 0.622. The number of aryl methyl sites for hydroxylation is 1. The molecule has 130 valence electrons. The van der Waals surface area contributed by atoms with Crippen molar-refractivity contribution < 1.29 is 14.1 Å². The van der Waals surface area contributed by atoms with Gasteiger partial charge in [0.25, 0.3) is 0 Å². The summed E-state index contributed by atoms with van der Waals surface area (Å²) in [5, 5.41) is 5.98. The number of thiophene rings is 1. The van der Waals surface area contributed by atoms with E-state index in [1.165, 1.54) is 0 Å². The lowest BCUT2D eigenvalue weighted by Crippen LogP contribution is -2.26. The summed E-state index contributed by atoms with van der Waals surface area (Å²) in [6, 6.07) is 11.4. The molecule has 0 fully saturated rings. The summed E-state index contributed by atoms with van der Waals surface area (Å²) in [5.41, 5.74) is 0.844. The molecule has 0 radical (unpaired) electrons. The summed E-state index contributed by atoms with van der Waals surface area (Å²) < 4.78 is 10.4. The van der Waals surface area contributed by atoms with E-state index in [1.54, 1.807) is 30.4 Å². The van der Waals surface area contributed by atoms with Crippen molar-refractivity contribution in [3.05, 3.63) is 52.5 Å².